The molecule has 1 N–H and O–H groups in total. The molecule has 0 radical (unpaired) electrons. The number of carbonyl (C=O) groups excluding carboxylic acids is 1. The molecule has 1 amide bonds. The van der Waals surface area contributed by atoms with Gasteiger partial charge in [0.05, 0.1) is 11.1 Å². The van der Waals surface area contributed by atoms with Crippen LogP contribution >= 0.6 is 0 Å². The van der Waals surface area contributed by atoms with E-state index in [0.717, 1.165) is 30.5 Å². The highest BCUT2D eigenvalue weighted by Gasteiger charge is 2.26. The van der Waals surface area contributed by atoms with E-state index in [1.165, 1.54) is 0 Å². The van der Waals surface area contributed by atoms with Crippen LogP contribution in [0.3, 0.4) is 0 Å². The van der Waals surface area contributed by atoms with Crippen molar-refractivity contribution in [3.63, 3.8) is 0 Å². The Balaban J connectivity index is 1.72. The average Bonchev–Trinajstić information content (AvgIpc) is 3.12. The molecule has 0 spiro atoms. The van der Waals surface area contributed by atoms with Crippen LogP contribution in [-0.4, -0.2) is 39.5 Å². The lowest BCUT2D eigenvalue weighted by Crippen LogP contribution is -2.39. The van der Waals surface area contributed by atoms with Gasteiger partial charge in [-0.2, -0.15) is 0 Å². The van der Waals surface area contributed by atoms with Crippen molar-refractivity contribution >= 4 is 11.9 Å². The summed E-state index contributed by atoms with van der Waals surface area (Å²) in [5, 5.41) is 9.03. The second-order valence-corrected chi connectivity index (χ2v) is 8.00. The van der Waals surface area contributed by atoms with Crippen molar-refractivity contribution in [3.8, 4) is 0 Å². The van der Waals surface area contributed by atoms with Gasteiger partial charge in [-0.25, -0.2) is 4.79 Å². The lowest BCUT2D eigenvalue weighted by Gasteiger charge is -2.33. The van der Waals surface area contributed by atoms with E-state index >= 15 is 0 Å². The van der Waals surface area contributed by atoms with Gasteiger partial charge in [0.1, 0.15) is 0 Å². The quantitative estimate of drug-likeness (QED) is 0.907. The molecule has 26 heavy (non-hydrogen) atoms. The van der Waals surface area contributed by atoms with Crippen molar-refractivity contribution in [2.45, 2.75) is 45.1 Å². The maximum Gasteiger partial charge on any atom is 0.335 e. The summed E-state index contributed by atoms with van der Waals surface area (Å²) in [7, 11) is 0. The fourth-order valence-electron chi connectivity index (χ4n) is 3.45. The van der Waals surface area contributed by atoms with E-state index in [9.17, 15) is 9.59 Å². The predicted molar refractivity (Wildman–Crippen MR) is 101 cm³/mol. The van der Waals surface area contributed by atoms with Crippen molar-refractivity contribution in [2.75, 3.05) is 13.1 Å². The summed E-state index contributed by atoms with van der Waals surface area (Å²) in [5.41, 5.74) is 2.07. The van der Waals surface area contributed by atoms with E-state index in [1.54, 1.807) is 12.1 Å². The van der Waals surface area contributed by atoms with Crippen molar-refractivity contribution in [1.29, 1.82) is 0 Å². The third-order valence-corrected chi connectivity index (χ3v) is 5.05. The second kappa shape index (κ2) is 6.98. The number of piperidine rings is 1. The standard InChI is InChI=1S/C21H26N2O3/c1-21(2,3)23-12-10-18(14-23)19(24)22-11-4-5-17(13-22)15-6-8-16(9-7-15)20(25)26/h6-10,12,14,17H,4-5,11,13H2,1-3H3,(H,25,26)/t17-/m1/s1. The number of hydrogen-bond acceptors (Lipinski definition) is 2. The topological polar surface area (TPSA) is 62.5 Å². The third-order valence-electron chi connectivity index (χ3n) is 5.05. The Hall–Kier alpha value is -2.56. The number of aromatic carboxylic acids is 1. The number of rotatable bonds is 3. The zero-order valence-electron chi connectivity index (χ0n) is 15.6. The number of hydrogen-bond donors (Lipinski definition) is 1. The molecule has 5 heteroatoms. The third kappa shape index (κ3) is 3.82. The number of carboxylic acid groups (broad SMARTS) is 1. The number of benzene rings is 1. The fraction of sp³-hybridized carbons (Fsp3) is 0.429. The van der Waals surface area contributed by atoms with Gasteiger partial charge in [-0.3, -0.25) is 4.79 Å². The minimum absolute atomic E-state index is 0.0468. The van der Waals surface area contributed by atoms with Crippen molar-refractivity contribution in [3.05, 3.63) is 59.4 Å². The van der Waals surface area contributed by atoms with Gasteiger partial charge < -0.3 is 14.6 Å². The van der Waals surface area contributed by atoms with Crippen LogP contribution in [-0.2, 0) is 5.54 Å². The fourth-order valence-corrected chi connectivity index (χ4v) is 3.45. The summed E-state index contributed by atoms with van der Waals surface area (Å²) in [4.78, 5) is 25.8. The first-order chi connectivity index (χ1) is 12.3. The molecule has 0 saturated carbocycles. The molecule has 0 unspecified atom stereocenters. The predicted octanol–water partition coefficient (Wildman–Crippen LogP) is 3.96. The summed E-state index contributed by atoms with van der Waals surface area (Å²) in [6.07, 6.45) is 5.85. The van der Waals surface area contributed by atoms with E-state index in [4.69, 9.17) is 5.11 Å². The van der Waals surface area contributed by atoms with Gasteiger partial charge >= 0.3 is 5.97 Å². The molecule has 0 aliphatic carbocycles. The zero-order valence-corrected chi connectivity index (χ0v) is 15.6. The van der Waals surface area contributed by atoms with Gasteiger partial charge in [0.2, 0.25) is 0 Å². The molecule has 5 nitrogen and oxygen atoms in total. The smallest absolute Gasteiger partial charge is 0.335 e. The summed E-state index contributed by atoms with van der Waals surface area (Å²) in [6, 6.07) is 8.92. The molecule has 1 fully saturated rings. The molecule has 1 aliphatic rings. The van der Waals surface area contributed by atoms with Gasteiger partial charge in [-0.15, -0.1) is 0 Å². The Morgan fingerprint density at radius 2 is 1.77 bits per heavy atom. The minimum atomic E-state index is -0.916. The average molecular weight is 354 g/mol. The van der Waals surface area contributed by atoms with E-state index in [0.29, 0.717) is 12.1 Å². The van der Waals surface area contributed by atoms with Gasteiger partial charge in [0.15, 0.2) is 0 Å². The molecular formula is C21H26N2O3. The first-order valence-corrected chi connectivity index (χ1v) is 9.07. The summed E-state index contributed by atoms with van der Waals surface area (Å²) >= 11 is 0. The van der Waals surface area contributed by atoms with Crippen LogP contribution < -0.4 is 0 Å². The molecule has 2 aromatic rings. The number of likely N-dealkylation sites (tertiary alicyclic amines) is 1. The number of carbonyl (C=O) groups is 2. The molecule has 0 bridgehead atoms. The van der Waals surface area contributed by atoms with Crippen LogP contribution in [0.4, 0.5) is 0 Å². The number of carboxylic acids is 1. The highest BCUT2D eigenvalue weighted by Crippen LogP contribution is 2.28. The molecule has 1 aromatic heterocycles. The molecule has 138 valence electrons. The summed E-state index contributed by atoms with van der Waals surface area (Å²) in [6.45, 7) is 7.77. The lowest BCUT2D eigenvalue weighted by molar-refractivity contribution is 0.0693. The largest absolute Gasteiger partial charge is 0.478 e. The lowest BCUT2D eigenvalue weighted by atomic mass is 9.90. The molecule has 3 rings (SSSR count). The second-order valence-electron chi connectivity index (χ2n) is 8.00. The molecule has 1 aromatic carbocycles. The number of aromatic nitrogens is 1. The van der Waals surface area contributed by atoms with Gasteiger partial charge in [0, 0.05) is 36.9 Å². The minimum Gasteiger partial charge on any atom is -0.478 e. The van der Waals surface area contributed by atoms with Gasteiger partial charge in [-0.05, 0) is 57.4 Å². The molecule has 1 saturated heterocycles. The van der Waals surface area contributed by atoms with Gasteiger partial charge in [0.25, 0.3) is 5.91 Å². The highest BCUT2D eigenvalue weighted by atomic mass is 16.4. The molecule has 2 heterocycles. The number of amides is 1. The maximum atomic E-state index is 12.9. The van der Waals surface area contributed by atoms with E-state index < -0.39 is 5.97 Å². The summed E-state index contributed by atoms with van der Waals surface area (Å²) < 4.78 is 2.06. The monoisotopic (exact) mass is 354 g/mol. The maximum absolute atomic E-state index is 12.9. The van der Waals surface area contributed by atoms with Crippen LogP contribution in [0.1, 0.15) is 65.8 Å². The van der Waals surface area contributed by atoms with Crippen LogP contribution in [0, 0.1) is 0 Å². The van der Waals surface area contributed by atoms with Crippen molar-refractivity contribution in [1.82, 2.24) is 9.47 Å². The highest BCUT2D eigenvalue weighted by molar-refractivity contribution is 5.94. The van der Waals surface area contributed by atoms with Crippen molar-refractivity contribution in [2.24, 2.45) is 0 Å². The van der Waals surface area contributed by atoms with Crippen LogP contribution in [0.25, 0.3) is 0 Å². The van der Waals surface area contributed by atoms with E-state index in [2.05, 4.69) is 25.3 Å². The molecular weight excluding hydrogens is 328 g/mol. The Morgan fingerprint density at radius 1 is 1.08 bits per heavy atom. The molecule has 1 aliphatic heterocycles. The first kappa shape index (κ1) is 18.2. The molecule has 1 atom stereocenters. The Kier molecular flexibility index (Phi) is 4.90. The Bertz CT molecular complexity index is 799. The van der Waals surface area contributed by atoms with E-state index in [-0.39, 0.29) is 17.4 Å². The number of nitrogens with zero attached hydrogens (tertiary/aromatic N) is 2. The van der Waals surface area contributed by atoms with E-state index in [1.807, 2.05) is 35.5 Å². The Morgan fingerprint density at radius 3 is 2.35 bits per heavy atom. The Labute approximate surface area is 154 Å². The van der Waals surface area contributed by atoms with Crippen LogP contribution in [0.15, 0.2) is 42.7 Å². The zero-order chi connectivity index (χ0) is 18.9. The van der Waals surface area contributed by atoms with Crippen LogP contribution in [0.2, 0.25) is 0 Å². The SMILES string of the molecule is CC(C)(C)n1ccc(C(=O)N2CCC[C@@H](c3ccc(C(=O)O)cc3)C2)c1. The first-order valence-electron chi connectivity index (χ1n) is 9.07. The van der Waals surface area contributed by atoms with Crippen molar-refractivity contribution < 1.29 is 14.7 Å². The van der Waals surface area contributed by atoms with Crippen LogP contribution in [0.5, 0.6) is 0 Å². The normalized spacial score (nSPS) is 18.0. The summed E-state index contributed by atoms with van der Waals surface area (Å²) in [5.74, 6) is -0.597. The van der Waals surface area contributed by atoms with Gasteiger partial charge in [-0.1, -0.05) is 12.1 Å².